The fraction of sp³-hybridized carbons (Fsp3) is 0.462. The van der Waals surface area contributed by atoms with Crippen molar-refractivity contribution >= 4 is 23.3 Å². The van der Waals surface area contributed by atoms with Crippen molar-refractivity contribution in [2.75, 3.05) is 11.5 Å². The van der Waals surface area contributed by atoms with E-state index in [0.29, 0.717) is 23.5 Å². The van der Waals surface area contributed by atoms with E-state index in [1.165, 1.54) is 37.4 Å². The number of pyridine rings is 1. The van der Waals surface area contributed by atoms with E-state index in [9.17, 15) is 0 Å². The zero-order valence-electron chi connectivity index (χ0n) is 11.0. The summed E-state index contributed by atoms with van der Waals surface area (Å²) in [5.74, 6) is 2.13. The molecule has 2 aliphatic rings. The lowest BCUT2D eigenvalue weighted by Crippen LogP contribution is -2.02. The van der Waals surface area contributed by atoms with Crippen molar-refractivity contribution in [3.05, 3.63) is 18.0 Å². The van der Waals surface area contributed by atoms with Crippen LogP contribution in [0.2, 0.25) is 0 Å². The average Bonchev–Trinajstić information content (AvgIpc) is 3.33. The first-order chi connectivity index (χ1) is 9.72. The number of aromatic nitrogens is 4. The smallest absolute Gasteiger partial charge is 0.197 e. The first-order valence-electron chi connectivity index (χ1n) is 6.87. The molecule has 0 aromatic carbocycles. The number of hydrogen-bond acceptors (Lipinski definition) is 6. The van der Waals surface area contributed by atoms with Gasteiger partial charge in [-0.3, -0.25) is 0 Å². The molecule has 20 heavy (non-hydrogen) atoms. The maximum Gasteiger partial charge on any atom is 0.197 e. The number of hydrogen-bond donors (Lipinski definition) is 2. The summed E-state index contributed by atoms with van der Waals surface area (Å²) in [7, 11) is 0. The number of nitrogens with zero attached hydrogens (tertiary/aromatic N) is 4. The summed E-state index contributed by atoms with van der Waals surface area (Å²) in [5, 5.41) is 10.5. The van der Waals surface area contributed by atoms with E-state index < -0.39 is 0 Å². The van der Waals surface area contributed by atoms with Crippen molar-refractivity contribution in [2.24, 2.45) is 0 Å². The summed E-state index contributed by atoms with van der Waals surface area (Å²) in [6.07, 6.45) is 4.93. The van der Waals surface area contributed by atoms with Crippen LogP contribution in [-0.4, -0.2) is 19.7 Å². The largest absolute Gasteiger partial charge is 0.396 e. The Morgan fingerprint density at radius 1 is 1.10 bits per heavy atom. The zero-order valence-corrected chi connectivity index (χ0v) is 11.8. The van der Waals surface area contributed by atoms with Crippen molar-refractivity contribution in [2.45, 2.75) is 47.8 Å². The second-order valence-electron chi connectivity index (χ2n) is 5.44. The molecule has 0 atom stereocenters. The van der Waals surface area contributed by atoms with Crippen LogP contribution in [0.1, 0.15) is 43.5 Å². The summed E-state index contributed by atoms with van der Waals surface area (Å²) in [4.78, 5) is 4.29. The second-order valence-corrected chi connectivity index (χ2v) is 6.43. The summed E-state index contributed by atoms with van der Waals surface area (Å²) in [5.41, 5.74) is 12.0. The van der Waals surface area contributed by atoms with Gasteiger partial charge in [0.1, 0.15) is 16.7 Å². The Balaban J connectivity index is 1.66. The van der Waals surface area contributed by atoms with Crippen molar-refractivity contribution in [1.29, 1.82) is 0 Å². The number of rotatable bonds is 4. The molecule has 2 aromatic rings. The molecule has 0 bridgehead atoms. The maximum atomic E-state index is 5.76. The van der Waals surface area contributed by atoms with Gasteiger partial charge >= 0.3 is 0 Å². The maximum absolute atomic E-state index is 5.76. The summed E-state index contributed by atoms with van der Waals surface area (Å²) in [6, 6.07) is 4.23. The van der Waals surface area contributed by atoms with Gasteiger partial charge < -0.3 is 16.0 Å². The number of nitrogen functional groups attached to an aromatic ring is 2. The van der Waals surface area contributed by atoms with Crippen molar-refractivity contribution < 1.29 is 0 Å². The van der Waals surface area contributed by atoms with Gasteiger partial charge in [-0.05, 0) is 49.6 Å². The molecular formula is C13H16N6S. The molecule has 104 valence electrons. The van der Waals surface area contributed by atoms with Gasteiger partial charge in [-0.25, -0.2) is 4.98 Å². The molecule has 2 saturated carbocycles. The predicted octanol–water partition coefficient (Wildman–Crippen LogP) is 2.20. The van der Waals surface area contributed by atoms with Gasteiger partial charge in [0.15, 0.2) is 5.16 Å². The second kappa shape index (κ2) is 4.37. The lowest BCUT2D eigenvalue weighted by atomic mass is 10.4. The van der Waals surface area contributed by atoms with Gasteiger partial charge in [0.05, 0.1) is 5.69 Å². The fourth-order valence-corrected chi connectivity index (χ4v) is 3.16. The molecule has 2 heterocycles. The Hall–Kier alpha value is -1.76. The molecule has 0 radical (unpaired) electrons. The Labute approximate surface area is 121 Å². The van der Waals surface area contributed by atoms with Crippen LogP contribution in [0.4, 0.5) is 11.5 Å². The molecule has 4 N–H and O–H groups in total. The van der Waals surface area contributed by atoms with E-state index in [2.05, 4.69) is 19.7 Å². The minimum atomic E-state index is 0.370. The van der Waals surface area contributed by atoms with Gasteiger partial charge in [-0.1, -0.05) is 0 Å². The molecule has 0 unspecified atom stereocenters. The SMILES string of the molecule is Nc1ccc(Sc2nnc(C3CC3)n2C2CC2)nc1N. The van der Waals surface area contributed by atoms with E-state index in [4.69, 9.17) is 11.5 Å². The predicted molar refractivity (Wildman–Crippen MR) is 77.5 cm³/mol. The Bertz CT molecular complexity index is 659. The van der Waals surface area contributed by atoms with E-state index in [1.54, 1.807) is 6.07 Å². The highest BCUT2D eigenvalue weighted by molar-refractivity contribution is 7.99. The first-order valence-corrected chi connectivity index (χ1v) is 7.68. The third-order valence-electron chi connectivity index (χ3n) is 3.67. The van der Waals surface area contributed by atoms with Crippen LogP contribution in [0, 0.1) is 0 Å². The normalized spacial score (nSPS) is 18.4. The highest BCUT2D eigenvalue weighted by atomic mass is 32.2. The van der Waals surface area contributed by atoms with Crippen molar-refractivity contribution in [3.8, 4) is 0 Å². The van der Waals surface area contributed by atoms with Crippen LogP contribution in [0.25, 0.3) is 0 Å². The monoisotopic (exact) mass is 288 g/mol. The Morgan fingerprint density at radius 2 is 1.90 bits per heavy atom. The van der Waals surface area contributed by atoms with Gasteiger partial charge in [0.25, 0.3) is 0 Å². The number of anilines is 2. The molecule has 2 aromatic heterocycles. The van der Waals surface area contributed by atoms with Crippen LogP contribution in [0.15, 0.2) is 22.3 Å². The molecule has 0 amide bonds. The zero-order chi connectivity index (χ0) is 13.7. The minimum absolute atomic E-state index is 0.370. The fourth-order valence-electron chi connectivity index (χ4n) is 2.27. The number of nitrogens with two attached hydrogens (primary N) is 2. The standard InChI is InChI=1S/C13H16N6S/c14-9-5-6-10(16-11(9)15)20-13-18-17-12(7-1-2-7)19(13)8-3-4-8/h5-8H,1-4,14H2,(H2,15,16). The first kappa shape index (κ1) is 12.0. The Morgan fingerprint density at radius 3 is 2.55 bits per heavy atom. The van der Waals surface area contributed by atoms with E-state index in [0.717, 1.165) is 16.0 Å². The summed E-state index contributed by atoms with van der Waals surface area (Å²) < 4.78 is 2.30. The van der Waals surface area contributed by atoms with Crippen LogP contribution < -0.4 is 11.5 Å². The van der Waals surface area contributed by atoms with Crippen LogP contribution >= 0.6 is 11.8 Å². The molecular weight excluding hydrogens is 272 g/mol. The quantitative estimate of drug-likeness (QED) is 0.895. The average molecular weight is 288 g/mol. The molecule has 0 spiro atoms. The van der Waals surface area contributed by atoms with Crippen LogP contribution in [0.3, 0.4) is 0 Å². The highest BCUT2D eigenvalue weighted by Gasteiger charge is 2.36. The van der Waals surface area contributed by atoms with Gasteiger partial charge in [-0.15, -0.1) is 10.2 Å². The van der Waals surface area contributed by atoms with E-state index >= 15 is 0 Å². The third kappa shape index (κ3) is 2.11. The highest BCUT2D eigenvalue weighted by Crippen LogP contribution is 2.46. The van der Waals surface area contributed by atoms with Gasteiger partial charge in [0.2, 0.25) is 0 Å². The lowest BCUT2D eigenvalue weighted by molar-refractivity contribution is 0.626. The molecule has 0 aliphatic heterocycles. The van der Waals surface area contributed by atoms with Gasteiger partial charge in [0, 0.05) is 12.0 Å². The third-order valence-corrected chi connectivity index (χ3v) is 4.57. The van der Waals surface area contributed by atoms with Gasteiger partial charge in [-0.2, -0.15) is 0 Å². The van der Waals surface area contributed by atoms with Crippen molar-refractivity contribution in [3.63, 3.8) is 0 Å². The van der Waals surface area contributed by atoms with Crippen LogP contribution in [0.5, 0.6) is 0 Å². The summed E-state index contributed by atoms with van der Waals surface area (Å²) >= 11 is 1.51. The van der Waals surface area contributed by atoms with Crippen LogP contribution in [-0.2, 0) is 0 Å². The van der Waals surface area contributed by atoms with Crippen molar-refractivity contribution in [1.82, 2.24) is 19.7 Å². The van der Waals surface area contributed by atoms with E-state index in [-0.39, 0.29) is 0 Å². The molecule has 6 nitrogen and oxygen atoms in total. The minimum Gasteiger partial charge on any atom is -0.396 e. The lowest BCUT2D eigenvalue weighted by Gasteiger charge is -2.08. The molecule has 2 aliphatic carbocycles. The summed E-state index contributed by atoms with van der Waals surface area (Å²) in [6.45, 7) is 0. The molecule has 7 heteroatoms. The molecule has 4 rings (SSSR count). The topological polar surface area (TPSA) is 95.6 Å². The Kier molecular flexibility index (Phi) is 2.63. The molecule has 2 fully saturated rings. The molecule has 0 saturated heterocycles. The van der Waals surface area contributed by atoms with E-state index in [1.807, 2.05) is 6.07 Å².